The minimum Gasteiger partial charge on any atom is -0.394 e. The van der Waals surface area contributed by atoms with E-state index < -0.39 is 124 Å². The summed E-state index contributed by atoms with van der Waals surface area (Å²) in [7, 11) is 0. The van der Waals surface area contributed by atoms with Crippen LogP contribution >= 0.6 is 0 Å². The van der Waals surface area contributed by atoms with E-state index in [9.17, 15) is 61.0 Å². The van der Waals surface area contributed by atoms with Crippen molar-refractivity contribution >= 4 is 5.91 Å². The van der Waals surface area contributed by atoms with Gasteiger partial charge in [-0.15, -0.1) is 0 Å². The number of unbranched alkanes of at least 4 members (excludes halogenated alkanes) is 30. The Kier molecular flexibility index (Phi) is 65.8. The van der Waals surface area contributed by atoms with Crippen LogP contribution in [0.25, 0.3) is 0 Å². The molecule has 0 aromatic carbocycles. The molecule has 0 saturated carbocycles. The average molecular weight is 1600 g/mol. The number of aliphatic hydroxyl groups excluding tert-OH is 11. The Hall–Kier alpha value is -4.59. The van der Waals surface area contributed by atoms with Crippen molar-refractivity contribution in [2.24, 2.45) is 0 Å². The SMILES string of the molecule is CC/C=C\C/C=C\C/C=C\C/C=C\C/C=C\C/C=C\C/C=C\C/C=C\C/C=C\C/C=C\C/C=C\CCCCCCCCCC(=O)NC(COC1OC(CO)C(OC2OC(CO)C(OC3OC(CO)C(O)C(O)C3O)C(O)C2O)C(O)C1O)C(O)/C=C/CC/C=C/CCCCCCCCCCCCCCCCCCCCCCCC. The van der Waals surface area contributed by atoms with Crippen LogP contribution in [0.5, 0.6) is 0 Å². The van der Waals surface area contributed by atoms with E-state index in [1.54, 1.807) is 6.08 Å². The first-order valence-electron chi connectivity index (χ1n) is 44.7. The third-order valence-electron chi connectivity index (χ3n) is 21.1. The molecule has 0 spiro atoms. The third-order valence-corrected chi connectivity index (χ3v) is 21.1. The lowest BCUT2D eigenvalue weighted by molar-refractivity contribution is -0.379. The van der Waals surface area contributed by atoms with Crippen molar-refractivity contribution in [2.45, 2.75) is 407 Å². The van der Waals surface area contributed by atoms with Gasteiger partial charge in [0.1, 0.15) is 73.2 Å². The van der Waals surface area contributed by atoms with Crippen LogP contribution in [-0.4, -0.2) is 193 Å². The number of ether oxygens (including phenoxy) is 6. The minimum atomic E-state index is -1.99. The highest BCUT2D eigenvalue weighted by atomic mass is 16.8. The fourth-order valence-corrected chi connectivity index (χ4v) is 14.0. The first-order valence-corrected chi connectivity index (χ1v) is 44.7. The zero-order valence-electron chi connectivity index (χ0n) is 70.3. The van der Waals surface area contributed by atoms with Crippen molar-refractivity contribution in [2.75, 3.05) is 26.4 Å². The van der Waals surface area contributed by atoms with Crippen LogP contribution in [0.4, 0.5) is 0 Å². The predicted octanol–water partition coefficient (Wildman–Crippen LogP) is 17.1. The third kappa shape index (κ3) is 50.4. The van der Waals surface area contributed by atoms with Crippen LogP contribution in [0.15, 0.2) is 158 Å². The molecule has 652 valence electrons. The summed E-state index contributed by atoms with van der Waals surface area (Å²) in [6.07, 6.45) is 80.9. The molecular weight excluding hydrogens is 1440 g/mol. The first kappa shape index (κ1) is 104. The van der Waals surface area contributed by atoms with Gasteiger partial charge in [-0.05, 0) is 116 Å². The monoisotopic (exact) mass is 1600 g/mol. The van der Waals surface area contributed by atoms with Crippen molar-refractivity contribution in [3.63, 3.8) is 0 Å². The van der Waals surface area contributed by atoms with Gasteiger partial charge in [0, 0.05) is 6.42 Å². The Bertz CT molecular complexity index is 2680. The number of rotatable bonds is 70. The van der Waals surface area contributed by atoms with E-state index >= 15 is 0 Å². The van der Waals surface area contributed by atoms with Crippen LogP contribution in [0.2, 0.25) is 0 Å². The molecule has 1 amide bonds. The van der Waals surface area contributed by atoms with Crippen molar-refractivity contribution in [1.82, 2.24) is 5.32 Å². The van der Waals surface area contributed by atoms with Gasteiger partial charge in [0.2, 0.25) is 5.91 Å². The van der Waals surface area contributed by atoms with Gasteiger partial charge in [-0.2, -0.15) is 0 Å². The summed E-state index contributed by atoms with van der Waals surface area (Å²) in [5.41, 5.74) is 0. The molecule has 3 saturated heterocycles. The van der Waals surface area contributed by atoms with Gasteiger partial charge in [-0.3, -0.25) is 4.79 Å². The zero-order chi connectivity index (χ0) is 82.4. The molecule has 17 atom stereocenters. The number of carbonyl (C=O) groups excluding carboxylic acids is 1. The summed E-state index contributed by atoms with van der Waals surface area (Å²) in [4.78, 5) is 13.5. The summed E-state index contributed by atoms with van der Waals surface area (Å²) >= 11 is 0. The van der Waals surface area contributed by atoms with E-state index in [0.717, 1.165) is 135 Å². The highest BCUT2D eigenvalue weighted by Gasteiger charge is 2.54. The number of allylic oxidation sites excluding steroid dienone is 25. The van der Waals surface area contributed by atoms with Gasteiger partial charge in [0.05, 0.1) is 38.6 Å². The Balaban J connectivity index is 1.35. The van der Waals surface area contributed by atoms with E-state index in [4.69, 9.17) is 28.4 Å². The van der Waals surface area contributed by atoms with Gasteiger partial charge >= 0.3 is 0 Å². The molecule has 3 aliphatic rings. The first-order chi connectivity index (χ1) is 55.8. The Morgan fingerprint density at radius 1 is 0.325 bits per heavy atom. The molecule has 114 heavy (non-hydrogen) atoms. The van der Waals surface area contributed by atoms with Gasteiger partial charge in [0.15, 0.2) is 18.9 Å². The van der Waals surface area contributed by atoms with Crippen LogP contribution in [-0.2, 0) is 33.2 Å². The molecule has 0 aromatic heterocycles. The van der Waals surface area contributed by atoms with Crippen molar-refractivity contribution in [1.29, 1.82) is 0 Å². The van der Waals surface area contributed by atoms with Crippen molar-refractivity contribution < 1.29 is 89.4 Å². The number of nitrogens with one attached hydrogen (secondary N) is 1. The van der Waals surface area contributed by atoms with Crippen LogP contribution in [0, 0.1) is 0 Å². The zero-order valence-corrected chi connectivity index (χ0v) is 70.3. The smallest absolute Gasteiger partial charge is 0.220 e. The maximum Gasteiger partial charge on any atom is 0.220 e. The topological polar surface area (TPSA) is 307 Å². The van der Waals surface area contributed by atoms with E-state index in [1.165, 1.54) is 135 Å². The van der Waals surface area contributed by atoms with E-state index in [-0.39, 0.29) is 18.9 Å². The Labute approximate surface area is 688 Å². The maximum absolute atomic E-state index is 13.5. The molecule has 3 fully saturated rings. The summed E-state index contributed by atoms with van der Waals surface area (Å²) in [5.74, 6) is -0.300. The van der Waals surface area contributed by atoms with Crippen LogP contribution in [0.3, 0.4) is 0 Å². The number of hydrogen-bond acceptors (Lipinski definition) is 18. The molecule has 3 heterocycles. The highest BCUT2D eigenvalue weighted by molar-refractivity contribution is 5.76. The maximum atomic E-state index is 13.5. The lowest BCUT2D eigenvalue weighted by atomic mass is 9.96. The van der Waals surface area contributed by atoms with E-state index in [0.29, 0.717) is 12.8 Å². The summed E-state index contributed by atoms with van der Waals surface area (Å²) in [5, 5.41) is 121. The fourth-order valence-electron chi connectivity index (χ4n) is 14.0. The van der Waals surface area contributed by atoms with Crippen molar-refractivity contribution in [3.05, 3.63) is 158 Å². The second kappa shape index (κ2) is 72.4. The van der Waals surface area contributed by atoms with Gasteiger partial charge in [-0.1, -0.05) is 339 Å². The van der Waals surface area contributed by atoms with Crippen LogP contribution < -0.4 is 5.32 Å². The molecule has 12 N–H and O–H groups in total. The minimum absolute atomic E-state index is 0.213. The second-order valence-corrected chi connectivity index (χ2v) is 31.0. The Morgan fingerprint density at radius 3 is 0.982 bits per heavy atom. The second-order valence-electron chi connectivity index (χ2n) is 31.0. The molecule has 0 bridgehead atoms. The summed E-state index contributed by atoms with van der Waals surface area (Å²) in [6, 6.07) is -1.01. The predicted molar refractivity (Wildman–Crippen MR) is 461 cm³/mol. The van der Waals surface area contributed by atoms with E-state index in [1.807, 2.05) is 6.08 Å². The van der Waals surface area contributed by atoms with Gasteiger partial charge < -0.3 is 89.9 Å². The lowest BCUT2D eigenvalue weighted by Crippen LogP contribution is -2.66. The van der Waals surface area contributed by atoms with Gasteiger partial charge in [-0.25, -0.2) is 0 Å². The molecule has 3 aliphatic heterocycles. The largest absolute Gasteiger partial charge is 0.394 e. The molecule has 19 nitrogen and oxygen atoms in total. The molecule has 0 aromatic rings. The molecule has 17 unspecified atom stereocenters. The number of hydrogen-bond donors (Lipinski definition) is 12. The summed E-state index contributed by atoms with van der Waals surface area (Å²) < 4.78 is 34.5. The van der Waals surface area contributed by atoms with Crippen molar-refractivity contribution in [3.8, 4) is 0 Å². The van der Waals surface area contributed by atoms with Crippen LogP contribution in [0.1, 0.15) is 303 Å². The lowest BCUT2D eigenvalue weighted by Gasteiger charge is -2.48. The van der Waals surface area contributed by atoms with E-state index in [2.05, 4.69) is 165 Å². The number of amides is 1. The average Bonchev–Trinajstić information content (AvgIpc) is 0.782. The standard InChI is InChI=1S/C95H159NO18/c1-3-5-7-9-11-13-15-17-19-21-23-25-27-29-31-33-34-35-36-37-38-39-40-41-42-43-44-45-47-49-51-53-55-57-59-61-63-65-67-69-71-73-83(101)96-78(79(100)72-70-68-66-64-62-60-58-56-54-52-50-48-46-32-30-28-26-24-22-20-18-16-14-12-10-8-6-4-2)77-109-93-89(107)86(104)91(81(75-98)111-93)114-95-90(108)87(105)92(82(76-99)112-95)113-94-88(106)85(103)84(102)80(74-97)110-94/h5,7,11,13,17,19,23,25,29,31,34-35,37-38,40-41,43-44,47,49,53,55,62,64,70,72,78-82,84-95,97-100,102-108H,3-4,6,8-10,12,14-16,18,20-22,24,26-28,30,32-33,36,39,42,45-46,48,50-52,54,56-61,63,65-69,71,73-77H2,1-2H3,(H,96,101)/b7-5-,13-11-,19-17-,25-23-,31-29-,35-34-,38-37-,41-40-,44-43-,49-47-,55-53-,64-62+,72-70+. The van der Waals surface area contributed by atoms with Gasteiger partial charge in [0.25, 0.3) is 0 Å². The normalized spacial score (nSPS) is 25.5. The quantitative estimate of drug-likeness (QED) is 0.0199. The molecule has 3 rings (SSSR count). The molecule has 0 aliphatic carbocycles. The fraction of sp³-hybridized carbons (Fsp3) is 0.716. The molecular formula is C95H159NO18. The highest BCUT2D eigenvalue weighted by Crippen LogP contribution is 2.33. The summed E-state index contributed by atoms with van der Waals surface area (Å²) in [6.45, 7) is 1.61. The molecule has 0 radical (unpaired) electrons. The number of carbonyl (C=O) groups is 1. The molecule has 19 heteroatoms. The number of aliphatic hydroxyl groups is 11. The Morgan fingerprint density at radius 2 is 0.614 bits per heavy atom.